The van der Waals surface area contributed by atoms with Gasteiger partial charge in [-0.15, -0.1) is 0 Å². The maximum absolute atomic E-state index is 8.72. The molecule has 3 heteroatoms. The molecule has 0 aliphatic heterocycles. The molecule has 0 aromatic carbocycles. The summed E-state index contributed by atoms with van der Waals surface area (Å²) in [6, 6.07) is 3.07. The Morgan fingerprint density at radius 2 is 2.22 bits per heavy atom. The van der Waals surface area contributed by atoms with E-state index in [0.29, 0.717) is 11.2 Å². The Hall–Kier alpha value is -1.38. The van der Waals surface area contributed by atoms with E-state index in [2.05, 4.69) is 0 Å². The van der Waals surface area contributed by atoms with Crippen LogP contribution >= 0.6 is 0 Å². The molecule has 1 N–H and O–H groups in total. The van der Waals surface area contributed by atoms with Crippen molar-refractivity contribution in [2.24, 2.45) is 0 Å². The fraction of sp³-hybridized carbons (Fsp3) is 0. The Morgan fingerprint density at radius 1 is 1.33 bits per heavy atom. The zero-order valence-corrected chi connectivity index (χ0v) is 4.50. The Labute approximate surface area is 50.5 Å². The minimum absolute atomic E-state index is 0.107. The van der Waals surface area contributed by atoms with Crippen molar-refractivity contribution in [3.05, 3.63) is 18.4 Å². The van der Waals surface area contributed by atoms with Gasteiger partial charge >= 0.3 is 0 Å². The highest BCUT2D eigenvalue weighted by molar-refractivity contribution is 5.71. The van der Waals surface area contributed by atoms with Gasteiger partial charge < -0.3 is 13.9 Å². The first-order valence-corrected chi connectivity index (χ1v) is 2.52. The van der Waals surface area contributed by atoms with Crippen molar-refractivity contribution in [3.8, 4) is 5.95 Å². The van der Waals surface area contributed by atoms with Crippen LogP contribution in [-0.4, -0.2) is 5.11 Å². The van der Waals surface area contributed by atoms with Crippen molar-refractivity contribution >= 4 is 11.2 Å². The normalized spacial score (nSPS) is 10.7. The molecular weight excluding hydrogens is 120 g/mol. The van der Waals surface area contributed by atoms with Crippen LogP contribution in [0.15, 0.2) is 27.2 Å². The molecule has 2 aromatic rings. The van der Waals surface area contributed by atoms with Crippen LogP contribution in [0.2, 0.25) is 0 Å². The summed E-state index contributed by atoms with van der Waals surface area (Å²) in [6.45, 7) is 0. The smallest absolute Gasteiger partial charge is 0.286 e. The van der Waals surface area contributed by atoms with Crippen LogP contribution in [0.25, 0.3) is 11.2 Å². The van der Waals surface area contributed by atoms with Gasteiger partial charge in [-0.2, -0.15) is 0 Å². The number of furan rings is 2. The van der Waals surface area contributed by atoms with Crippen molar-refractivity contribution in [2.75, 3.05) is 0 Å². The first-order valence-electron chi connectivity index (χ1n) is 2.52. The number of fused-ring (bicyclic) bond motifs is 1. The molecule has 0 unspecified atom stereocenters. The average Bonchev–Trinajstić information content (AvgIpc) is 2.22. The lowest BCUT2D eigenvalue weighted by Crippen LogP contribution is -1.44. The zero-order chi connectivity index (χ0) is 6.27. The molecule has 2 aromatic heterocycles. The molecule has 2 rings (SSSR count). The summed E-state index contributed by atoms with van der Waals surface area (Å²) in [6.07, 6.45) is 1.51. The van der Waals surface area contributed by atoms with Gasteiger partial charge in [0.2, 0.25) is 0 Å². The SMILES string of the molecule is Oc1cc2occc2o1. The molecule has 0 radical (unpaired) electrons. The third kappa shape index (κ3) is 0.512. The standard InChI is InChI=1S/C6H4O3/c7-6-3-5-4(9-6)1-2-8-5/h1-3,7H. The second-order valence-corrected chi connectivity index (χ2v) is 1.73. The molecule has 9 heavy (non-hydrogen) atoms. The number of hydrogen-bond acceptors (Lipinski definition) is 3. The summed E-state index contributed by atoms with van der Waals surface area (Å²) in [7, 11) is 0. The van der Waals surface area contributed by atoms with E-state index in [1.54, 1.807) is 6.07 Å². The molecule has 2 heterocycles. The van der Waals surface area contributed by atoms with Crippen molar-refractivity contribution in [2.45, 2.75) is 0 Å². The third-order valence-corrected chi connectivity index (χ3v) is 1.13. The number of aromatic hydroxyl groups is 1. The van der Waals surface area contributed by atoms with Gasteiger partial charge in [-0.1, -0.05) is 0 Å². The lowest BCUT2D eigenvalue weighted by atomic mass is 10.5. The summed E-state index contributed by atoms with van der Waals surface area (Å²) in [4.78, 5) is 0. The molecule has 0 spiro atoms. The second kappa shape index (κ2) is 1.31. The van der Waals surface area contributed by atoms with E-state index in [1.165, 1.54) is 12.3 Å². The molecule has 3 nitrogen and oxygen atoms in total. The van der Waals surface area contributed by atoms with E-state index < -0.39 is 0 Å². The highest BCUT2D eigenvalue weighted by Crippen LogP contribution is 2.23. The minimum Gasteiger partial charge on any atom is -0.481 e. The molecule has 0 amide bonds. The largest absolute Gasteiger partial charge is 0.481 e. The molecular formula is C6H4O3. The second-order valence-electron chi connectivity index (χ2n) is 1.73. The summed E-state index contributed by atoms with van der Waals surface area (Å²) in [5.41, 5.74) is 1.15. The maximum Gasteiger partial charge on any atom is 0.286 e. The van der Waals surface area contributed by atoms with Crippen LogP contribution in [0.3, 0.4) is 0 Å². The van der Waals surface area contributed by atoms with Gasteiger partial charge in [0.05, 0.1) is 12.3 Å². The lowest BCUT2D eigenvalue weighted by molar-refractivity contribution is 0.346. The summed E-state index contributed by atoms with van der Waals surface area (Å²) in [5.74, 6) is -0.107. The van der Waals surface area contributed by atoms with Gasteiger partial charge in [0.15, 0.2) is 11.2 Å². The van der Waals surface area contributed by atoms with E-state index in [0.717, 1.165) is 0 Å². The molecule has 0 aliphatic carbocycles. The first-order chi connectivity index (χ1) is 4.36. The zero-order valence-electron chi connectivity index (χ0n) is 4.50. The van der Waals surface area contributed by atoms with Crippen molar-refractivity contribution in [3.63, 3.8) is 0 Å². The molecule has 0 fully saturated rings. The van der Waals surface area contributed by atoms with E-state index >= 15 is 0 Å². The Morgan fingerprint density at radius 3 is 3.00 bits per heavy atom. The van der Waals surface area contributed by atoms with E-state index in [9.17, 15) is 0 Å². The maximum atomic E-state index is 8.72. The van der Waals surface area contributed by atoms with Crippen molar-refractivity contribution in [1.29, 1.82) is 0 Å². The molecule has 46 valence electrons. The van der Waals surface area contributed by atoms with Gasteiger partial charge in [0.25, 0.3) is 5.95 Å². The van der Waals surface area contributed by atoms with E-state index in [-0.39, 0.29) is 5.95 Å². The number of rotatable bonds is 0. The Kier molecular flexibility index (Phi) is 0.656. The quantitative estimate of drug-likeness (QED) is 0.581. The van der Waals surface area contributed by atoms with Gasteiger partial charge in [0, 0.05) is 6.07 Å². The van der Waals surface area contributed by atoms with Crippen LogP contribution in [0.1, 0.15) is 0 Å². The molecule has 0 bridgehead atoms. The predicted octanol–water partition coefficient (Wildman–Crippen LogP) is 1.73. The van der Waals surface area contributed by atoms with Gasteiger partial charge in [0.1, 0.15) is 0 Å². The van der Waals surface area contributed by atoms with E-state index in [4.69, 9.17) is 13.9 Å². The fourth-order valence-electron chi connectivity index (χ4n) is 0.753. The highest BCUT2D eigenvalue weighted by atomic mass is 16.5. The van der Waals surface area contributed by atoms with Crippen LogP contribution in [-0.2, 0) is 0 Å². The minimum atomic E-state index is -0.107. The first kappa shape index (κ1) is 4.49. The summed E-state index contributed by atoms with van der Waals surface area (Å²) in [5, 5.41) is 8.72. The van der Waals surface area contributed by atoms with Crippen LogP contribution < -0.4 is 0 Å². The Balaban J connectivity index is 2.92. The topological polar surface area (TPSA) is 46.5 Å². The van der Waals surface area contributed by atoms with Crippen LogP contribution in [0.5, 0.6) is 5.95 Å². The highest BCUT2D eigenvalue weighted by Gasteiger charge is 2.02. The fourth-order valence-corrected chi connectivity index (χ4v) is 0.753. The van der Waals surface area contributed by atoms with Crippen LogP contribution in [0.4, 0.5) is 0 Å². The monoisotopic (exact) mass is 124 g/mol. The van der Waals surface area contributed by atoms with E-state index in [1.807, 2.05) is 0 Å². The summed E-state index contributed by atoms with van der Waals surface area (Å²) >= 11 is 0. The Bertz CT molecular complexity index is 289. The molecule has 0 aliphatic rings. The lowest BCUT2D eigenvalue weighted by Gasteiger charge is -1.72. The van der Waals surface area contributed by atoms with Crippen molar-refractivity contribution in [1.82, 2.24) is 0 Å². The van der Waals surface area contributed by atoms with Gasteiger partial charge in [-0.3, -0.25) is 0 Å². The average molecular weight is 124 g/mol. The van der Waals surface area contributed by atoms with Crippen molar-refractivity contribution < 1.29 is 13.9 Å². The predicted molar refractivity (Wildman–Crippen MR) is 30.1 cm³/mol. The third-order valence-electron chi connectivity index (χ3n) is 1.13. The van der Waals surface area contributed by atoms with Crippen LogP contribution in [0, 0.1) is 0 Å². The number of hydrogen-bond donors (Lipinski definition) is 1. The molecule has 0 atom stereocenters. The summed E-state index contributed by atoms with van der Waals surface area (Å²) < 4.78 is 9.65. The van der Waals surface area contributed by atoms with Gasteiger partial charge in [-0.25, -0.2) is 0 Å². The van der Waals surface area contributed by atoms with Gasteiger partial charge in [-0.05, 0) is 0 Å². The molecule has 0 saturated carbocycles. The molecule has 0 saturated heterocycles.